The molecule has 36 heavy (non-hydrogen) atoms. The molecular weight excluding hydrogens is 458 g/mol. The minimum absolute atomic E-state index is 0.0456. The molecule has 194 valence electrons. The Balaban J connectivity index is 1.66. The molecule has 3 rings (SSSR count). The van der Waals surface area contributed by atoms with Crippen molar-refractivity contribution >= 4 is 11.9 Å². The van der Waals surface area contributed by atoms with Crippen LogP contribution in [0.1, 0.15) is 67.7 Å². The van der Waals surface area contributed by atoms with Crippen molar-refractivity contribution in [2.45, 2.75) is 62.9 Å². The van der Waals surface area contributed by atoms with Crippen molar-refractivity contribution in [1.82, 2.24) is 4.90 Å². The van der Waals surface area contributed by atoms with Gasteiger partial charge in [0.25, 0.3) is 0 Å². The van der Waals surface area contributed by atoms with Crippen LogP contribution in [0.15, 0.2) is 66.7 Å². The molecular formula is C29H37NO6. The van der Waals surface area contributed by atoms with E-state index in [2.05, 4.69) is 0 Å². The van der Waals surface area contributed by atoms with Crippen LogP contribution in [0.2, 0.25) is 0 Å². The molecule has 1 aliphatic rings. The third-order valence-corrected chi connectivity index (χ3v) is 6.77. The van der Waals surface area contributed by atoms with Gasteiger partial charge in [-0.15, -0.1) is 0 Å². The fourth-order valence-electron chi connectivity index (χ4n) is 4.81. The van der Waals surface area contributed by atoms with Gasteiger partial charge in [-0.2, -0.15) is 0 Å². The molecule has 2 aromatic rings. The lowest BCUT2D eigenvalue weighted by molar-refractivity contribution is -0.183. The van der Waals surface area contributed by atoms with E-state index in [0.29, 0.717) is 24.9 Å². The summed E-state index contributed by atoms with van der Waals surface area (Å²) in [5.41, 5.74) is 2.32. The molecule has 7 nitrogen and oxygen atoms in total. The number of aliphatic hydroxyl groups is 1. The van der Waals surface area contributed by atoms with Crippen LogP contribution in [0.3, 0.4) is 0 Å². The van der Waals surface area contributed by atoms with E-state index < -0.39 is 17.9 Å². The minimum Gasteiger partial charge on any atom is -0.481 e. The summed E-state index contributed by atoms with van der Waals surface area (Å²) in [6.07, 6.45) is 7.48. The maximum Gasteiger partial charge on any atom is 0.303 e. The van der Waals surface area contributed by atoms with Crippen molar-refractivity contribution in [1.29, 1.82) is 0 Å². The van der Waals surface area contributed by atoms with Crippen molar-refractivity contribution in [3.8, 4) is 0 Å². The van der Waals surface area contributed by atoms with E-state index in [1.54, 1.807) is 20.3 Å². The molecule has 2 N–H and O–H groups in total. The predicted molar refractivity (Wildman–Crippen MR) is 137 cm³/mol. The lowest BCUT2D eigenvalue weighted by Gasteiger charge is -2.32. The lowest BCUT2D eigenvalue weighted by Crippen LogP contribution is -2.32. The van der Waals surface area contributed by atoms with Gasteiger partial charge in [-0.25, -0.2) is 0 Å². The van der Waals surface area contributed by atoms with Gasteiger partial charge in [0.1, 0.15) is 0 Å². The summed E-state index contributed by atoms with van der Waals surface area (Å²) >= 11 is 0. The standard InChI is InChI=1S/C29H37NO6/c1-35-29(36-2,23-12-6-5-7-13-23)24-14-10-11-22(21-24)26(31)18-16-25-17-19-27(32)30(25)20-9-4-3-8-15-28(33)34/h5-7,10-14,16,18,21,25-26,31H,3-4,8-9,15,17,19-20H2,1-2H3,(H,33,34)/b18-16+/t25-,26?/m0/s1. The second-order valence-corrected chi connectivity index (χ2v) is 9.10. The van der Waals surface area contributed by atoms with Crippen molar-refractivity contribution < 1.29 is 29.3 Å². The number of amides is 1. The maximum atomic E-state index is 12.4. The number of carboxylic acids is 1. The number of aliphatic carboxylic acids is 1. The van der Waals surface area contributed by atoms with Crippen LogP contribution >= 0.6 is 0 Å². The first-order valence-electron chi connectivity index (χ1n) is 12.5. The summed E-state index contributed by atoms with van der Waals surface area (Å²) in [5.74, 6) is -1.74. The van der Waals surface area contributed by atoms with Gasteiger partial charge in [-0.3, -0.25) is 9.59 Å². The number of carbonyl (C=O) groups is 2. The third kappa shape index (κ3) is 6.81. The molecule has 0 spiro atoms. The topological polar surface area (TPSA) is 96.3 Å². The molecule has 0 aliphatic carbocycles. The van der Waals surface area contributed by atoms with E-state index >= 15 is 0 Å². The first-order chi connectivity index (χ1) is 17.4. The second kappa shape index (κ2) is 13.3. The first kappa shape index (κ1) is 27.6. The quantitative estimate of drug-likeness (QED) is 0.222. The highest BCUT2D eigenvalue weighted by molar-refractivity contribution is 5.79. The number of nitrogens with zero attached hydrogens (tertiary/aromatic N) is 1. The van der Waals surface area contributed by atoms with Crippen LogP contribution in [0.5, 0.6) is 0 Å². The molecule has 1 aliphatic heterocycles. The minimum atomic E-state index is -1.10. The Morgan fingerprint density at radius 3 is 2.44 bits per heavy atom. The number of hydrogen-bond acceptors (Lipinski definition) is 5. The summed E-state index contributed by atoms with van der Waals surface area (Å²) in [5, 5.41) is 19.7. The fraction of sp³-hybridized carbons (Fsp3) is 0.448. The summed E-state index contributed by atoms with van der Waals surface area (Å²) in [7, 11) is 3.19. The number of carboxylic acid groups (broad SMARTS) is 1. The van der Waals surface area contributed by atoms with Crippen LogP contribution in [0.4, 0.5) is 0 Å². The van der Waals surface area contributed by atoms with Gasteiger partial charge in [0.05, 0.1) is 12.1 Å². The molecule has 1 unspecified atom stereocenters. The van der Waals surface area contributed by atoms with Crippen LogP contribution in [0, 0.1) is 0 Å². The van der Waals surface area contributed by atoms with Crippen molar-refractivity contribution in [2.24, 2.45) is 0 Å². The number of rotatable bonds is 14. The second-order valence-electron chi connectivity index (χ2n) is 9.10. The number of unbranched alkanes of at least 4 members (excludes halogenated alkanes) is 3. The number of aliphatic hydroxyl groups excluding tert-OH is 1. The van der Waals surface area contributed by atoms with Gasteiger partial charge in [0.15, 0.2) is 0 Å². The molecule has 7 heteroatoms. The molecule has 1 amide bonds. The summed E-state index contributed by atoms with van der Waals surface area (Å²) in [6.45, 7) is 0.647. The molecule has 0 bridgehead atoms. The van der Waals surface area contributed by atoms with E-state index in [4.69, 9.17) is 14.6 Å². The van der Waals surface area contributed by atoms with E-state index in [-0.39, 0.29) is 18.4 Å². The van der Waals surface area contributed by atoms with Gasteiger partial charge in [-0.05, 0) is 30.9 Å². The highest BCUT2D eigenvalue weighted by Crippen LogP contribution is 2.35. The number of carbonyl (C=O) groups excluding carboxylic acids is 1. The molecule has 2 atom stereocenters. The molecule has 0 radical (unpaired) electrons. The van der Waals surface area contributed by atoms with Crippen molar-refractivity contribution in [3.05, 3.63) is 83.4 Å². The van der Waals surface area contributed by atoms with Gasteiger partial charge < -0.3 is 24.6 Å². The Bertz CT molecular complexity index is 1020. The van der Waals surface area contributed by atoms with Crippen molar-refractivity contribution in [3.63, 3.8) is 0 Å². The zero-order valence-corrected chi connectivity index (χ0v) is 21.1. The van der Waals surface area contributed by atoms with Gasteiger partial charge >= 0.3 is 5.97 Å². The van der Waals surface area contributed by atoms with Gasteiger partial charge in [0, 0.05) is 44.7 Å². The number of methoxy groups -OCH3 is 2. The number of hydrogen-bond donors (Lipinski definition) is 2. The Hall–Kier alpha value is -3.00. The molecule has 0 saturated carbocycles. The first-order valence-corrected chi connectivity index (χ1v) is 12.5. The monoisotopic (exact) mass is 495 g/mol. The highest BCUT2D eigenvalue weighted by atomic mass is 16.7. The Kier molecular flexibility index (Phi) is 10.2. The molecule has 1 heterocycles. The Morgan fingerprint density at radius 1 is 1.06 bits per heavy atom. The molecule has 2 aromatic carbocycles. The summed E-state index contributed by atoms with van der Waals surface area (Å²) in [4.78, 5) is 24.9. The van der Waals surface area contributed by atoms with Crippen LogP contribution in [0.25, 0.3) is 0 Å². The average molecular weight is 496 g/mol. The third-order valence-electron chi connectivity index (χ3n) is 6.77. The number of benzene rings is 2. The van der Waals surface area contributed by atoms with E-state index in [0.717, 1.165) is 36.8 Å². The zero-order chi connectivity index (χ0) is 26.0. The SMILES string of the molecule is COC(OC)(c1ccccc1)c1cccc(C(O)/C=C/[C@H]2CCC(=O)N2CCCCCCC(=O)O)c1. The maximum absolute atomic E-state index is 12.4. The molecule has 1 fully saturated rings. The zero-order valence-electron chi connectivity index (χ0n) is 21.1. The highest BCUT2D eigenvalue weighted by Gasteiger charge is 2.35. The van der Waals surface area contributed by atoms with Crippen LogP contribution in [-0.2, 0) is 24.8 Å². The summed E-state index contributed by atoms with van der Waals surface area (Å²) in [6, 6.07) is 17.1. The summed E-state index contributed by atoms with van der Waals surface area (Å²) < 4.78 is 11.7. The predicted octanol–water partition coefficient (Wildman–Crippen LogP) is 4.80. The molecule has 1 saturated heterocycles. The van der Waals surface area contributed by atoms with E-state index in [1.807, 2.05) is 65.6 Å². The van der Waals surface area contributed by atoms with E-state index in [1.165, 1.54) is 0 Å². The smallest absolute Gasteiger partial charge is 0.303 e. The molecule has 0 aromatic heterocycles. The van der Waals surface area contributed by atoms with Gasteiger partial charge in [0.2, 0.25) is 11.7 Å². The lowest BCUT2D eigenvalue weighted by atomic mass is 9.94. The number of ether oxygens (including phenoxy) is 2. The van der Waals surface area contributed by atoms with Gasteiger partial charge in [-0.1, -0.05) is 73.5 Å². The van der Waals surface area contributed by atoms with E-state index in [9.17, 15) is 14.7 Å². The Morgan fingerprint density at radius 2 is 1.75 bits per heavy atom. The van der Waals surface area contributed by atoms with Crippen molar-refractivity contribution in [2.75, 3.05) is 20.8 Å². The van der Waals surface area contributed by atoms with Crippen LogP contribution < -0.4 is 0 Å². The fourth-order valence-corrected chi connectivity index (χ4v) is 4.81. The number of likely N-dealkylation sites (tertiary alicyclic amines) is 1. The normalized spacial score (nSPS) is 17.1. The largest absolute Gasteiger partial charge is 0.481 e. The van der Waals surface area contributed by atoms with Crippen LogP contribution in [-0.4, -0.2) is 53.8 Å². The Labute approximate surface area is 213 Å². The average Bonchev–Trinajstić information content (AvgIpc) is 3.25.